The fourth-order valence-electron chi connectivity index (χ4n) is 2.23. The second-order valence-corrected chi connectivity index (χ2v) is 7.37. The summed E-state index contributed by atoms with van der Waals surface area (Å²) in [6.45, 7) is 1.60. The molecule has 1 atom stereocenters. The van der Waals surface area contributed by atoms with Crippen LogP contribution < -0.4 is 10.5 Å². The van der Waals surface area contributed by atoms with Crippen LogP contribution in [0.3, 0.4) is 0 Å². The van der Waals surface area contributed by atoms with E-state index in [0.717, 1.165) is 5.56 Å². The highest BCUT2D eigenvalue weighted by atomic mass is 35.5. The number of sulfonamides is 1. The summed E-state index contributed by atoms with van der Waals surface area (Å²) in [5.74, 6) is -0.691. The van der Waals surface area contributed by atoms with Gasteiger partial charge in [-0.1, -0.05) is 35.9 Å². The number of amides is 1. The second kappa shape index (κ2) is 7.12. The van der Waals surface area contributed by atoms with Gasteiger partial charge in [-0.3, -0.25) is 4.79 Å². The minimum Gasteiger partial charge on any atom is -0.329 e. The van der Waals surface area contributed by atoms with Crippen molar-refractivity contribution in [2.24, 2.45) is 5.73 Å². The van der Waals surface area contributed by atoms with E-state index in [9.17, 15) is 13.2 Å². The molecule has 0 saturated carbocycles. The molecule has 0 radical (unpaired) electrons. The quantitative estimate of drug-likeness (QED) is 0.864. The van der Waals surface area contributed by atoms with Gasteiger partial charge in [0.1, 0.15) is 5.25 Å². The van der Waals surface area contributed by atoms with Crippen LogP contribution in [-0.4, -0.2) is 20.9 Å². The Hall–Kier alpha value is -1.89. The zero-order valence-corrected chi connectivity index (χ0v) is 14.1. The van der Waals surface area contributed by atoms with Gasteiger partial charge in [-0.05, 0) is 42.3 Å². The Kier molecular flexibility index (Phi) is 5.41. The van der Waals surface area contributed by atoms with Crippen LogP contribution in [0, 0.1) is 6.92 Å². The van der Waals surface area contributed by atoms with Crippen LogP contribution in [0.4, 0.5) is 0 Å². The van der Waals surface area contributed by atoms with Crippen molar-refractivity contribution < 1.29 is 13.2 Å². The number of halogens is 1. The van der Waals surface area contributed by atoms with Crippen molar-refractivity contribution in [3.8, 4) is 0 Å². The summed E-state index contributed by atoms with van der Waals surface area (Å²) in [5.41, 5.74) is 7.13. The van der Waals surface area contributed by atoms with E-state index < -0.39 is 21.2 Å². The molecule has 0 spiro atoms. The van der Waals surface area contributed by atoms with E-state index in [1.165, 1.54) is 12.1 Å². The van der Waals surface area contributed by atoms with Crippen LogP contribution in [0.5, 0.6) is 0 Å². The van der Waals surface area contributed by atoms with Gasteiger partial charge in [-0.2, -0.15) is 0 Å². The fourth-order valence-corrected chi connectivity index (χ4v) is 3.77. The highest BCUT2D eigenvalue weighted by Crippen LogP contribution is 2.27. The van der Waals surface area contributed by atoms with Gasteiger partial charge in [0.25, 0.3) is 5.91 Å². The maximum atomic E-state index is 12.6. The lowest BCUT2D eigenvalue weighted by atomic mass is 10.1. The molecule has 2 rings (SSSR count). The molecule has 0 bridgehead atoms. The Morgan fingerprint density at radius 2 is 1.87 bits per heavy atom. The van der Waals surface area contributed by atoms with Crippen molar-refractivity contribution in [1.29, 1.82) is 0 Å². The summed E-state index contributed by atoms with van der Waals surface area (Å²) >= 11 is 5.95. The molecule has 0 fully saturated rings. The highest BCUT2D eigenvalue weighted by molar-refractivity contribution is 7.90. The number of nitrogens with two attached hydrogens (primary N) is 1. The Morgan fingerprint density at radius 1 is 1.22 bits per heavy atom. The first kappa shape index (κ1) is 17.5. The molecule has 1 unspecified atom stereocenters. The predicted molar refractivity (Wildman–Crippen MR) is 90.8 cm³/mol. The third-order valence-corrected chi connectivity index (χ3v) is 5.35. The molecule has 5 nitrogen and oxygen atoms in total. The molecular weight excluding hydrogens is 336 g/mol. The summed E-state index contributed by atoms with van der Waals surface area (Å²) in [6, 6.07) is 13.1. The monoisotopic (exact) mass is 352 g/mol. The fraction of sp³-hybridized carbons (Fsp3) is 0.188. The molecule has 2 aromatic carbocycles. The number of rotatable bonds is 5. The summed E-state index contributed by atoms with van der Waals surface area (Å²) in [6.07, 6.45) is 0. The molecule has 0 aliphatic heterocycles. The van der Waals surface area contributed by atoms with Gasteiger partial charge in [0.2, 0.25) is 10.0 Å². The van der Waals surface area contributed by atoms with Crippen LogP contribution in [0.1, 0.15) is 26.7 Å². The Balaban J connectivity index is 2.33. The van der Waals surface area contributed by atoms with Crippen molar-refractivity contribution in [3.63, 3.8) is 0 Å². The van der Waals surface area contributed by atoms with Gasteiger partial charge < -0.3 is 5.73 Å². The summed E-state index contributed by atoms with van der Waals surface area (Å²) < 4.78 is 27.2. The third kappa shape index (κ3) is 4.10. The van der Waals surface area contributed by atoms with E-state index in [1.54, 1.807) is 43.3 Å². The molecule has 0 aromatic heterocycles. The van der Waals surface area contributed by atoms with Gasteiger partial charge in [0, 0.05) is 17.1 Å². The highest BCUT2D eigenvalue weighted by Gasteiger charge is 2.29. The van der Waals surface area contributed by atoms with Crippen molar-refractivity contribution in [1.82, 2.24) is 4.72 Å². The van der Waals surface area contributed by atoms with Gasteiger partial charge in [-0.25, -0.2) is 13.1 Å². The van der Waals surface area contributed by atoms with Crippen LogP contribution >= 0.6 is 11.6 Å². The van der Waals surface area contributed by atoms with E-state index in [2.05, 4.69) is 4.72 Å². The third-order valence-electron chi connectivity index (χ3n) is 3.45. The number of hydrogen-bond acceptors (Lipinski definition) is 4. The van der Waals surface area contributed by atoms with Crippen molar-refractivity contribution >= 4 is 27.5 Å². The molecule has 0 aliphatic rings. The Morgan fingerprint density at radius 3 is 2.48 bits per heavy atom. The molecule has 0 aliphatic carbocycles. The zero-order valence-electron chi connectivity index (χ0n) is 12.5. The second-order valence-electron chi connectivity index (χ2n) is 5.07. The van der Waals surface area contributed by atoms with Gasteiger partial charge in [0.15, 0.2) is 0 Å². The van der Waals surface area contributed by atoms with Gasteiger partial charge in [-0.15, -0.1) is 0 Å². The van der Waals surface area contributed by atoms with E-state index >= 15 is 0 Å². The number of benzene rings is 2. The van der Waals surface area contributed by atoms with Crippen LogP contribution in [0.15, 0.2) is 48.5 Å². The smallest absolute Gasteiger partial charge is 0.264 e. The minimum atomic E-state index is -4.00. The van der Waals surface area contributed by atoms with Crippen LogP contribution in [0.25, 0.3) is 0 Å². The van der Waals surface area contributed by atoms with Gasteiger partial charge >= 0.3 is 0 Å². The Bertz CT molecular complexity index is 807. The molecule has 23 heavy (non-hydrogen) atoms. The predicted octanol–water partition coefficient (Wildman–Crippen LogP) is 2.41. The number of carbonyl (C=O) groups is 1. The van der Waals surface area contributed by atoms with Crippen LogP contribution in [0.2, 0.25) is 5.02 Å². The van der Waals surface area contributed by atoms with E-state index in [-0.39, 0.29) is 12.1 Å². The molecule has 1 amide bonds. The van der Waals surface area contributed by atoms with E-state index in [0.29, 0.717) is 10.6 Å². The van der Waals surface area contributed by atoms with Crippen molar-refractivity contribution in [2.45, 2.75) is 12.2 Å². The average molecular weight is 353 g/mol. The molecular formula is C16H17ClN2O3S. The SMILES string of the molecule is Cc1ccc(Cl)cc1C(CN)S(=O)(=O)NC(=O)c1ccccc1. The maximum absolute atomic E-state index is 12.6. The standard InChI is InChI=1S/C16H17ClN2O3S/c1-11-7-8-13(17)9-14(11)15(10-18)23(21,22)19-16(20)12-5-3-2-4-6-12/h2-9,15H,10,18H2,1H3,(H,19,20). The lowest BCUT2D eigenvalue weighted by Crippen LogP contribution is -2.37. The number of nitrogens with one attached hydrogen (secondary N) is 1. The van der Waals surface area contributed by atoms with Crippen molar-refractivity contribution in [2.75, 3.05) is 6.54 Å². The summed E-state index contributed by atoms with van der Waals surface area (Å²) in [4.78, 5) is 12.1. The van der Waals surface area contributed by atoms with Crippen molar-refractivity contribution in [3.05, 3.63) is 70.2 Å². The van der Waals surface area contributed by atoms with Crippen LogP contribution in [-0.2, 0) is 10.0 Å². The topological polar surface area (TPSA) is 89.3 Å². The normalized spacial score (nSPS) is 12.7. The first-order chi connectivity index (χ1) is 10.8. The minimum absolute atomic E-state index is 0.168. The largest absolute Gasteiger partial charge is 0.329 e. The molecule has 2 aromatic rings. The maximum Gasteiger partial charge on any atom is 0.264 e. The van der Waals surface area contributed by atoms with E-state index in [4.69, 9.17) is 17.3 Å². The lowest BCUT2D eigenvalue weighted by Gasteiger charge is -2.19. The molecule has 0 heterocycles. The number of carbonyl (C=O) groups excluding carboxylic acids is 1. The average Bonchev–Trinajstić information content (AvgIpc) is 2.51. The molecule has 7 heteroatoms. The molecule has 3 N–H and O–H groups in total. The number of aryl methyl sites for hydroxylation is 1. The molecule has 0 saturated heterocycles. The number of hydrogen-bond donors (Lipinski definition) is 2. The molecule has 122 valence electrons. The van der Waals surface area contributed by atoms with E-state index in [1.807, 2.05) is 0 Å². The summed E-state index contributed by atoms with van der Waals surface area (Å²) in [5, 5.41) is -0.650. The first-order valence-corrected chi connectivity index (χ1v) is 8.84. The summed E-state index contributed by atoms with van der Waals surface area (Å²) in [7, 11) is -4.00. The lowest BCUT2D eigenvalue weighted by molar-refractivity contribution is 0.0981. The Labute approximate surface area is 140 Å². The first-order valence-electron chi connectivity index (χ1n) is 6.92. The van der Waals surface area contributed by atoms with Gasteiger partial charge in [0.05, 0.1) is 0 Å². The zero-order chi connectivity index (χ0) is 17.0.